The highest BCUT2D eigenvalue weighted by Crippen LogP contribution is 2.27. The van der Waals surface area contributed by atoms with Crippen LogP contribution < -0.4 is 0 Å². The molecule has 9 heavy (non-hydrogen) atoms. The van der Waals surface area contributed by atoms with Gasteiger partial charge in [0, 0.05) is 4.91 Å². The predicted molar refractivity (Wildman–Crippen MR) is 40.0 cm³/mol. The van der Waals surface area contributed by atoms with Crippen LogP contribution >= 0.6 is 11.8 Å². The summed E-state index contributed by atoms with van der Waals surface area (Å²) in [4.78, 5) is 0.793. The van der Waals surface area contributed by atoms with Crippen LogP contribution in [-0.4, -0.2) is 6.26 Å². The second-order valence-electron chi connectivity index (χ2n) is 1.90. The second kappa shape index (κ2) is 3.06. The number of thioether (sulfide) groups is 1. The molecule has 0 N–H and O–H groups in total. The molecule has 0 aromatic rings. The van der Waals surface area contributed by atoms with Crippen molar-refractivity contribution in [3.05, 3.63) is 22.9 Å². The number of halogens is 1. The Balaban J connectivity index is 2.68. The minimum Gasteiger partial charge on any atom is -0.206 e. The SMILES string of the molecule is CSC1=CCCC=C1F. The van der Waals surface area contributed by atoms with E-state index < -0.39 is 0 Å². The van der Waals surface area contributed by atoms with E-state index in [-0.39, 0.29) is 5.83 Å². The smallest absolute Gasteiger partial charge is 0.132 e. The summed E-state index contributed by atoms with van der Waals surface area (Å²) in [5, 5.41) is 0. The summed E-state index contributed by atoms with van der Waals surface area (Å²) in [6.07, 6.45) is 7.33. The Morgan fingerprint density at radius 3 is 2.56 bits per heavy atom. The molecule has 0 saturated carbocycles. The van der Waals surface area contributed by atoms with Crippen molar-refractivity contribution in [2.75, 3.05) is 6.26 Å². The molecule has 2 heteroatoms. The van der Waals surface area contributed by atoms with Crippen LogP contribution in [0.5, 0.6) is 0 Å². The van der Waals surface area contributed by atoms with E-state index in [0.29, 0.717) is 0 Å². The topological polar surface area (TPSA) is 0 Å². The maximum atomic E-state index is 12.6. The van der Waals surface area contributed by atoms with Gasteiger partial charge in [0.2, 0.25) is 0 Å². The van der Waals surface area contributed by atoms with E-state index in [1.54, 1.807) is 6.08 Å². The van der Waals surface area contributed by atoms with Crippen molar-refractivity contribution < 1.29 is 4.39 Å². The van der Waals surface area contributed by atoms with E-state index in [9.17, 15) is 4.39 Å². The molecule has 0 heterocycles. The van der Waals surface area contributed by atoms with Crippen molar-refractivity contribution in [3.63, 3.8) is 0 Å². The molecule has 50 valence electrons. The lowest BCUT2D eigenvalue weighted by Crippen LogP contribution is -1.84. The van der Waals surface area contributed by atoms with Crippen molar-refractivity contribution in [1.29, 1.82) is 0 Å². The molecule has 0 radical (unpaired) electrons. The van der Waals surface area contributed by atoms with Crippen molar-refractivity contribution in [2.24, 2.45) is 0 Å². The van der Waals surface area contributed by atoms with Gasteiger partial charge in [0.25, 0.3) is 0 Å². The third-order valence-electron chi connectivity index (χ3n) is 1.28. The first-order valence-corrected chi connectivity index (χ1v) is 4.17. The normalized spacial score (nSPS) is 18.9. The van der Waals surface area contributed by atoms with Crippen LogP contribution in [0.2, 0.25) is 0 Å². The molecule has 1 aliphatic rings. The van der Waals surface area contributed by atoms with Crippen molar-refractivity contribution in [1.82, 2.24) is 0 Å². The summed E-state index contributed by atoms with van der Waals surface area (Å²) in [6, 6.07) is 0. The minimum absolute atomic E-state index is 0.0475. The van der Waals surface area contributed by atoms with Gasteiger partial charge in [0.1, 0.15) is 5.83 Å². The molecule has 0 unspecified atom stereocenters. The summed E-state index contributed by atoms with van der Waals surface area (Å²) >= 11 is 1.47. The summed E-state index contributed by atoms with van der Waals surface area (Å²) in [5.41, 5.74) is 0. The average Bonchev–Trinajstić information content (AvgIpc) is 1.89. The van der Waals surface area contributed by atoms with Crippen LogP contribution in [0, 0.1) is 0 Å². The fourth-order valence-electron chi connectivity index (χ4n) is 0.803. The Morgan fingerprint density at radius 1 is 1.44 bits per heavy atom. The zero-order valence-electron chi connectivity index (χ0n) is 5.36. The fourth-order valence-corrected chi connectivity index (χ4v) is 1.37. The Bertz CT molecular complexity index is 158. The number of rotatable bonds is 1. The first-order chi connectivity index (χ1) is 4.34. The van der Waals surface area contributed by atoms with Gasteiger partial charge in [-0.2, -0.15) is 0 Å². The molecule has 0 aromatic carbocycles. The highest BCUT2D eigenvalue weighted by atomic mass is 32.2. The van der Waals surface area contributed by atoms with Crippen LogP contribution in [0.15, 0.2) is 22.9 Å². The predicted octanol–water partition coefficient (Wildman–Crippen LogP) is 2.88. The first kappa shape index (κ1) is 6.87. The largest absolute Gasteiger partial charge is 0.206 e. The van der Waals surface area contributed by atoms with Crippen LogP contribution in [0.4, 0.5) is 4.39 Å². The molecule has 0 aliphatic heterocycles. The Kier molecular flexibility index (Phi) is 2.34. The lowest BCUT2D eigenvalue weighted by atomic mass is 10.2. The summed E-state index contributed by atoms with van der Waals surface area (Å²) in [6.45, 7) is 0. The molecule has 0 saturated heterocycles. The van der Waals surface area contributed by atoms with E-state index in [1.807, 2.05) is 12.3 Å². The lowest BCUT2D eigenvalue weighted by Gasteiger charge is -2.04. The van der Waals surface area contributed by atoms with Crippen LogP contribution in [0.3, 0.4) is 0 Å². The van der Waals surface area contributed by atoms with Crippen molar-refractivity contribution in [2.45, 2.75) is 12.8 Å². The number of allylic oxidation sites excluding steroid dienone is 3. The monoisotopic (exact) mass is 144 g/mol. The van der Waals surface area contributed by atoms with Crippen LogP contribution in [0.25, 0.3) is 0 Å². The molecule has 0 bridgehead atoms. The van der Waals surface area contributed by atoms with Crippen LogP contribution in [0.1, 0.15) is 12.8 Å². The number of hydrogen-bond acceptors (Lipinski definition) is 1. The van der Waals surface area contributed by atoms with Gasteiger partial charge >= 0.3 is 0 Å². The van der Waals surface area contributed by atoms with E-state index >= 15 is 0 Å². The maximum absolute atomic E-state index is 12.6. The molecule has 0 fully saturated rings. The molecule has 0 atom stereocenters. The second-order valence-corrected chi connectivity index (χ2v) is 2.75. The molecule has 0 amide bonds. The minimum atomic E-state index is -0.0475. The van der Waals surface area contributed by atoms with E-state index in [2.05, 4.69) is 0 Å². The van der Waals surface area contributed by atoms with Gasteiger partial charge in [-0.15, -0.1) is 11.8 Å². The maximum Gasteiger partial charge on any atom is 0.132 e. The molecule has 0 spiro atoms. The van der Waals surface area contributed by atoms with Crippen molar-refractivity contribution in [3.8, 4) is 0 Å². The van der Waals surface area contributed by atoms with E-state index in [4.69, 9.17) is 0 Å². The summed E-state index contributed by atoms with van der Waals surface area (Å²) in [7, 11) is 0. The zero-order valence-corrected chi connectivity index (χ0v) is 6.17. The highest BCUT2D eigenvalue weighted by Gasteiger charge is 2.04. The zero-order chi connectivity index (χ0) is 6.69. The molecule has 1 rings (SSSR count). The van der Waals surface area contributed by atoms with E-state index in [1.165, 1.54) is 11.8 Å². The van der Waals surface area contributed by atoms with Gasteiger partial charge in [-0.1, -0.05) is 6.08 Å². The van der Waals surface area contributed by atoms with Gasteiger partial charge in [0.15, 0.2) is 0 Å². The van der Waals surface area contributed by atoms with Gasteiger partial charge < -0.3 is 0 Å². The molecular weight excluding hydrogens is 135 g/mol. The first-order valence-electron chi connectivity index (χ1n) is 2.95. The summed E-state index contributed by atoms with van der Waals surface area (Å²) in [5.74, 6) is -0.0475. The summed E-state index contributed by atoms with van der Waals surface area (Å²) < 4.78 is 12.6. The molecule has 0 nitrogen and oxygen atoms in total. The van der Waals surface area contributed by atoms with Crippen molar-refractivity contribution >= 4 is 11.8 Å². The lowest BCUT2D eigenvalue weighted by molar-refractivity contribution is 0.648. The average molecular weight is 144 g/mol. The Hall–Kier alpha value is -0.240. The quantitative estimate of drug-likeness (QED) is 0.545. The van der Waals surface area contributed by atoms with Gasteiger partial charge in [-0.05, 0) is 25.2 Å². The molecule has 0 aromatic heterocycles. The van der Waals surface area contributed by atoms with Gasteiger partial charge in [-0.25, -0.2) is 4.39 Å². The standard InChI is InChI=1S/C7H9FS/c1-9-7-5-3-2-4-6(7)8/h4-5H,2-3H2,1H3. The Morgan fingerprint density at radius 2 is 2.11 bits per heavy atom. The third kappa shape index (κ3) is 1.58. The van der Waals surface area contributed by atoms with E-state index in [0.717, 1.165) is 17.7 Å². The fraction of sp³-hybridized carbons (Fsp3) is 0.429. The van der Waals surface area contributed by atoms with Crippen LogP contribution in [-0.2, 0) is 0 Å². The number of hydrogen-bond donors (Lipinski definition) is 0. The molecular formula is C7H9FS. The van der Waals surface area contributed by atoms with Gasteiger partial charge in [0.05, 0.1) is 0 Å². The molecule has 1 aliphatic carbocycles. The van der Waals surface area contributed by atoms with Gasteiger partial charge in [-0.3, -0.25) is 0 Å². The highest BCUT2D eigenvalue weighted by molar-refractivity contribution is 8.02. The Labute approximate surface area is 58.8 Å². The third-order valence-corrected chi connectivity index (χ3v) is 2.08.